The second-order valence-corrected chi connectivity index (χ2v) is 7.28. The van der Waals surface area contributed by atoms with Crippen LogP contribution in [0.3, 0.4) is 0 Å². The van der Waals surface area contributed by atoms with Crippen LogP contribution in [0.4, 0.5) is 10.3 Å². The average molecular weight is 372 g/mol. The molecule has 0 unspecified atom stereocenters. The highest BCUT2D eigenvalue weighted by Gasteiger charge is 2.40. The Morgan fingerprint density at radius 3 is 2.48 bits per heavy atom. The van der Waals surface area contributed by atoms with Gasteiger partial charge in [-0.1, -0.05) is 12.1 Å². The minimum absolute atomic E-state index is 0.160. The zero-order chi connectivity index (χ0) is 18.7. The van der Waals surface area contributed by atoms with Gasteiger partial charge in [0, 0.05) is 26.2 Å². The summed E-state index contributed by atoms with van der Waals surface area (Å²) in [5.74, 6) is 1.06. The van der Waals surface area contributed by atoms with Gasteiger partial charge in [0.1, 0.15) is 5.75 Å². The zero-order valence-corrected chi connectivity index (χ0v) is 15.6. The number of aromatic nitrogens is 2. The van der Waals surface area contributed by atoms with Crippen molar-refractivity contribution in [2.24, 2.45) is 0 Å². The van der Waals surface area contributed by atoms with Crippen LogP contribution in [0.1, 0.15) is 18.4 Å². The molecule has 0 aliphatic carbocycles. The van der Waals surface area contributed by atoms with Crippen LogP contribution in [0.15, 0.2) is 36.7 Å². The predicted octanol–water partition coefficient (Wildman–Crippen LogP) is 2.50. The zero-order valence-electron chi connectivity index (χ0n) is 15.6. The second kappa shape index (κ2) is 7.78. The fourth-order valence-corrected chi connectivity index (χ4v) is 3.89. The average Bonchev–Trinajstić information content (AvgIpc) is 2.71. The van der Waals surface area contributed by atoms with Crippen molar-refractivity contribution in [3.63, 3.8) is 0 Å². The third-order valence-electron chi connectivity index (χ3n) is 5.47. The fourth-order valence-electron chi connectivity index (χ4n) is 3.89. The van der Waals surface area contributed by atoms with E-state index in [1.54, 1.807) is 7.11 Å². The summed E-state index contributed by atoms with van der Waals surface area (Å²) in [6.45, 7) is 5.07. The molecule has 0 atom stereocenters. The van der Waals surface area contributed by atoms with Crippen molar-refractivity contribution in [2.75, 3.05) is 44.8 Å². The fraction of sp³-hybridized carbons (Fsp3) is 0.500. The normalized spacial score (nSPS) is 20.0. The highest BCUT2D eigenvalue weighted by atomic mass is 19.1. The molecule has 2 aliphatic rings. The molecule has 0 amide bonds. The Labute approximate surface area is 158 Å². The molecule has 1 spiro atoms. The third kappa shape index (κ3) is 4.20. The lowest BCUT2D eigenvalue weighted by Crippen LogP contribution is -2.57. The number of halogens is 1. The lowest BCUT2D eigenvalue weighted by Gasteiger charge is -2.47. The Morgan fingerprint density at radius 1 is 1.11 bits per heavy atom. The molecular weight excluding hydrogens is 347 g/mol. The lowest BCUT2D eigenvalue weighted by molar-refractivity contribution is -0.0924. The van der Waals surface area contributed by atoms with E-state index in [0.717, 1.165) is 51.3 Å². The number of anilines is 1. The molecule has 3 heterocycles. The van der Waals surface area contributed by atoms with Gasteiger partial charge in [0.2, 0.25) is 5.95 Å². The predicted molar refractivity (Wildman–Crippen MR) is 100 cm³/mol. The second-order valence-electron chi connectivity index (χ2n) is 7.28. The van der Waals surface area contributed by atoms with E-state index in [4.69, 9.17) is 9.47 Å². The first-order valence-corrected chi connectivity index (χ1v) is 9.38. The van der Waals surface area contributed by atoms with Crippen LogP contribution in [0.2, 0.25) is 0 Å². The number of likely N-dealkylation sites (tertiary alicyclic amines) is 1. The largest absolute Gasteiger partial charge is 0.497 e. The van der Waals surface area contributed by atoms with Crippen molar-refractivity contribution in [3.05, 3.63) is 48.0 Å². The van der Waals surface area contributed by atoms with Crippen LogP contribution in [0.5, 0.6) is 5.75 Å². The first-order valence-electron chi connectivity index (χ1n) is 9.38. The van der Waals surface area contributed by atoms with E-state index in [1.165, 1.54) is 18.0 Å². The highest BCUT2D eigenvalue weighted by molar-refractivity contribution is 5.31. The molecule has 2 aromatic rings. The van der Waals surface area contributed by atoms with Crippen molar-refractivity contribution in [2.45, 2.75) is 25.0 Å². The molecule has 2 saturated heterocycles. The van der Waals surface area contributed by atoms with Crippen molar-refractivity contribution in [1.82, 2.24) is 14.9 Å². The van der Waals surface area contributed by atoms with Crippen LogP contribution < -0.4 is 9.64 Å². The standard InChI is InChI=1S/C20H25FN4O2/c1-26-18-4-2-16(3-5-18)14-24-8-6-20(7-9-24)15-25(10-11-27-20)19-22-12-17(21)13-23-19/h2-5,12-13H,6-11,14-15H2,1H3. The molecule has 4 rings (SSSR count). The third-order valence-corrected chi connectivity index (χ3v) is 5.47. The van der Waals surface area contributed by atoms with Gasteiger partial charge in [-0.2, -0.15) is 0 Å². The van der Waals surface area contributed by atoms with Gasteiger partial charge in [0.15, 0.2) is 5.82 Å². The molecule has 1 aromatic carbocycles. The number of benzene rings is 1. The summed E-state index contributed by atoms with van der Waals surface area (Å²) >= 11 is 0. The van der Waals surface area contributed by atoms with Gasteiger partial charge < -0.3 is 14.4 Å². The van der Waals surface area contributed by atoms with Gasteiger partial charge in [0.05, 0.1) is 38.3 Å². The lowest BCUT2D eigenvalue weighted by atomic mass is 9.89. The van der Waals surface area contributed by atoms with Crippen LogP contribution >= 0.6 is 0 Å². The van der Waals surface area contributed by atoms with Gasteiger partial charge in [-0.25, -0.2) is 14.4 Å². The Balaban J connectivity index is 1.35. The summed E-state index contributed by atoms with van der Waals surface area (Å²) in [5.41, 5.74) is 1.13. The van der Waals surface area contributed by atoms with Gasteiger partial charge in [0.25, 0.3) is 0 Å². The van der Waals surface area contributed by atoms with Crippen LogP contribution in [0, 0.1) is 5.82 Å². The van der Waals surface area contributed by atoms with E-state index >= 15 is 0 Å². The minimum Gasteiger partial charge on any atom is -0.497 e. The van der Waals surface area contributed by atoms with Crippen molar-refractivity contribution < 1.29 is 13.9 Å². The monoisotopic (exact) mass is 372 g/mol. The van der Waals surface area contributed by atoms with E-state index in [-0.39, 0.29) is 5.60 Å². The molecule has 0 radical (unpaired) electrons. The maximum Gasteiger partial charge on any atom is 0.225 e. The highest BCUT2D eigenvalue weighted by Crippen LogP contribution is 2.32. The molecular formula is C20H25FN4O2. The topological polar surface area (TPSA) is 50.7 Å². The van der Waals surface area contributed by atoms with E-state index in [0.29, 0.717) is 12.6 Å². The van der Waals surface area contributed by atoms with Gasteiger partial charge in [-0.3, -0.25) is 4.90 Å². The molecule has 2 aliphatic heterocycles. The summed E-state index contributed by atoms with van der Waals surface area (Å²) in [6, 6.07) is 8.25. The molecule has 27 heavy (non-hydrogen) atoms. The first kappa shape index (κ1) is 18.1. The number of methoxy groups -OCH3 is 1. The summed E-state index contributed by atoms with van der Waals surface area (Å²) in [6.07, 6.45) is 4.39. The number of ether oxygens (including phenoxy) is 2. The molecule has 1 aromatic heterocycles. The van der Waals surface area contributed by atoms with Crippen molar-refractivity contribution in [3.8, 4) is 5.75 Å². The molecule has 6 nitrogen and oxygen atoms in total. The van der Waals surface area contributed by atoms with E-state index in [2.05, 4.69) is 31.9 Å². The number of hydrogen-bond acceptors (Lipinski definition) is 6. The smallest absolute Gasteiger partial charge is 0.225 e. The Kier molecular flexibility index (Phi) is 5.22. The van der Waals surface area contributed by atoms with E-state index < -0.39 is 5.82 Å². The number of nitrogens with zero attached hydrogens (tertiary/aromatic N) is 4. The number of rotatable bonds is 4. The minimum atomic E-state index is -0.409. The summed E-state index contributed by atoms with van der Waals surface area (Å²) in [7, 11) is 1.68. The molecule has 0 saturated carbocycles. The van der Waals surface area contributed by atoms with E-state index in [9.17, 15) is 4.39 Å². The summed E-state index contributed by atoms with van der Waals surface area (Å²) in [4.78, 5) is 12.8. The Bertz CT molecular complexity index is 746. The number of morpholine rings is 1. The van der Waals surface area contributed by atoms with Crippen molar-refractivity contribution >= 4 is 5.95 Å². The molecule has 2 fully saturated rings. The maximum absolute atomic E-state index is 13.1. The van der Waals surface area contributed by atoms with Gasteiger partial charge >= 0.3 is 0 Å². The molecule has 0 bridgehead atoms. The molecule has 7 heteroatoms. The summed E-state index contributed by atoms with van der Waals surface area (Å²) in [5, 5.41) is 0. The molecule has 0 N–H and O–H groups in total. The summed E-state index contributed by atoms with van der Waals surface area (Å²) < 4.78 is 24.5. The van der Waals surface area contributed by atoms with Gasteiger partial charge in [-0.15, -0.1) is 0 Å². The maximum atomic E-state index is 13.1. The van der Waals surface area contributed by atoms with Crippen LogP contribution in [-0.4, -0.2) is 60.4 Å². The van der Waals surface area contributed by atoms with Crippen LogP contribution in [0.25, 0.3) is 0 Å². The van der Waals surface area contributed by atoms with Gasteiger partial charge in [-0.05, 0) is 30.5 Å². The van der Waals surface area contributed by atoms with Crippen molar-refractivity contribution in [1.29, 1.82) is 0 Å². The molecule has 144 valence electrons. The SMILES string of the molecule is COc1ccc(CN2CCC3(CC2)CN(c2ncc(F)cn2)CCO3)cc1. The number of piperidine rings is 1. The quantitative estimate of drug-likeness (QED) is 0.822. The first-order chi connectivity index (χ1) is 13.2. The van der Waals surface area contributed by atoms with Crippen LogP contribution in [-0.2, 0) is 11.3 Å². The Hall–Kier alpha value is -2.25. The Morgan fingerprint density at radius 2 is 1.81 bits per heavy atom. The van der Waals surface area contributed by atoms with E-state index in [1.807, 2.05) is 12.1 Å². The number of hydrogen-bond donors (Lipinski definition) is 0.